The molecule has 0 aliphatic carbocycles. The summed E-state index contributed by atoms with van der Waals surface area (Å²) in [4.78, 5) is 14.4. The lowest BCUT2D eigenvalue weighted by Crippen LogP contribution is -2.54. The van der Waals surface area contributed by atoms with Gasteiger partial charge in [0.1, 0.15) is 0 Å². The van der Waals surface area contributed by atoms with Gasteiger partial charge in [-0.05, 0) is 18.8 Å². The molecule has 0 saturated carbocycles. The zero-order chi connectivity index (χ0) is 14.6. The van der Waals surface area contributed by atoms with Crippen LogP contribution in [0.1, 0.15) is 34.1 Å². The molecule has 3 N–H and O–H groups in total. The van der Waals surface area contributed by atoms with Crippen LogP contribution in [0.5, 0.6) is 0 Å². The van der Waals surface area contributed by atoms with Crippen LogP contribution in [-0.4, -0.2) is 54.4 Å². The fourth-order valence-electron chi connectivity index (χ4n) is 2.48. The van der Waals surface area contributed by atoms with E-state index < -0.39 is 0 Å². The molecule has 0 aromatic carbocycles. The standard InChI is InChI=1S/C14H28N2O3/c1-10-9-19-12(8-17)7-16(10)13(18)11(6-15)5-14(2,3)4/h10-12,17H,5-9,15H2,1-4H3. The molecular weight excluding hydrogens is 244 g/mol. The SMILES string of the molecule is CC1COC(CO)CN1C(=O)C(CN)CC(C)(C)C. The maximum Gasteiger partial charge on any atom is 0.227 e. The molecule has 0 aromatic rings. The number of carbonyl (C=O) groups is 1. The summed E-state index contributed by atoms with van der Waals surface area (Å²) in [5.41, 5.74) is 5.85. The molecule has 1 aliphatic heterocycles. The van der Waals surface area contributed by atoms with Crippen LogP contribution in [0.15, 0.2) is 0 Å². The molecule has 1 aliphatic rings. The molecule has 19 heavy (non-hydrogen) atoms. The third kappa shape index (κ3) is 4.75. The van der Waals surface area contributed by atoms with Gasteiger partial charge < -0.3 is 20.5 Å². The average Bonchev–Trinajstić information content (AvgIpc) is 2.34. The van der Waals surface area contributed by atoms with Crippen LogP contribution in [0.2, 0.25) is 0 Å². The summed E-state index contributed by atoms with van der Waals surface area (Å²) >= 11 is 0. The van der Waals surface area contributed by atoms with Gasteiger partial charge in [-0.25, -0.2) is 0 Å². The maximum atomic E-state index is 12.6. The molecule has 0 bridgehead atoms. The lowest BCUT2D eigenvalue weighted by Gasteiger charge is -2.40. The monoisotopic (exact) mass is 272 g/mol. The van der Waals surface area contributed by atoms with Gasteiger partial charge in [-0.3, -0.25) is 4.79 Å². The van der Waals surface area contributed by atoms with E-state index in [-0.39, 0.29) is 36.0 Å². The highest BCUT2D eigenvalue weighted by molar-refractivity contribution is 5.79. The second kappa shape index (κ2) is 6.68. The highest BCUT2D eigenvalue weighted by atomic mass is 16.5. The lowest BCUT2D eigenvalue weighted by atomic mass is 9.84. The number of nitrogens with two attached hydrogens (primary N) is 1. The van der Waals surface area contributed by atoms with Crippen LogP contribution in [0.3, 0.4) is 0 Å². The Balaban J connectivity index is 2.72. The zero-order valence-electron chi connectivity index (χ0n) is 12.6. The van der Waals surface area contributed by atoms with Crippen molar-refractivity contribution in [3.8, 4) is 0 Å². The highest BCUT2D eigenvalue weighted by Gasteiger charge is 2.34. The van der Waals surface area contributed by atoms with Gasteiger partial charge in [0, 0.05) is 13.1 Å². The van der Waals surface area contributed by atoms with E-state index in [1.807, 2.05) is 11.8 Å². The van der Waals surface area contributed by atoms with Crippen LogP contribution in [0.4, 0.5) is 0 Å². The van der Waals surface area contributed by atoms with Crippen molar-refractivity contribution in [2.45, 2.75) is 46.3 Å². The maximum absolute atomic E-state index is 12.6. The molecular formula is C14H28N2O3. The van der Waals surface area contributed by atoms with Gasteiger partial charge in [-0.15, -0.1) is 0 Å². The first-order chi connectivity index (χ1) is 8.78. The Morgan fingerprint density at radius 1 is 1.53 bits per heavy atom. The number of rotatable bonds is 4. The Kier molecular flexibility index (Phi) is 5.77. The van der Waals surface area contributed by atoms with Gasteiger partial charge in [-0.1, -0.05) is 20.8 Å². The van der Waals surface area contributed by atoms with E-state index in [4.69, 9.17) is 10.5 Å². The summed E-state index contributed by atoms with van der Waals surface area (Å²) in [6.07, 6.45) is 0.504. The van der Waals surface area contributed by atoms with Crippen LogP contribution in [0.25, 0.3) is 0 Å². The topological polar surface area (TPSA) is 75.8 Å². The van der Waals surface area contributed by atoms with Crippen molar-refractivity contribution in [2.24, 2.45) is 17.1 Å². The third-order valence-electron chi connectivity index (χ3n) is 3.48. The minimum Gasteiger partial charge on any atom is -0.394 e. The summed E-state index contributed by atoms with van der Waals surface area (Å²) in [7, 11) is 0. The molecule has 1 fully saturated rings. The zero-order valence-corrected chi connectivity index (χ0v) is 12.6. The predicted molar refractivity (Wildman–Crippen MR) is 74.6 cm³/mol. The van der Waals surface area contributed by atoms with E-state index >= 15 is 0 Å². The van der Waals surface area contributed by atoms with Crippen LogP contribution in [0, 0.1) is 11.3 Å². The lowest BCUT2D eigenvalue weighted by molar-refractivity contribution is -0.151. The summed E-state index contributed by atoms with van der Waals surface area (Å²) in [5.74, 6) is -0.0634. The van der Waals surface area contributed by atoms with Gasteiger partial charge >= 0.3 is 0 Å². The molecule has 0 spiro atoms. The molecule has 3 atom stereocenters. The number of carbonyl (C=O) groups excluding carboxylic acids is 1. The van der Waals surface area contributed by atoms with Gasteiger partial charge in [0.05, 0.1) is 31.3 Å². The molecule has 1 saturated heterocycles. The molecule has 0 aromatic heterocycles. The first kappa shape index (κ1) is 16.4. The number of hydrogen-bond donors (Lipinski definition) is 2. The van der Waals surface area contributed by atoms with Crippen LogP contribution >= 0.6 is 0 Å². The van der Waals surface area contributed by atoms with Crippen molar-refractivity contribution in [1.29, 1.82) is 0 Å². The number of hydrogen-bond acceptors (Lipinski definition) is 4. The normalized spacial score (nSPS) is 26.3. The molecule has 112 valence electrons. The molecule has 5 nitrogen and oxygen atoms in total. The van der Waals surface area contributed by atoms with E-state index in [1.165, 1.54) is 0 Å². The highest BCUT2D eigenvalue weighted by Crippen LogP contribution is 2.26. The smallest absolute Gasteiger partial charge is 0.227 e. The fourth-order valence-corrected chi connectivity index (χ4v) is 2.48. The minimum atomic E-state index is -0.270. The molecule has 1 rings (SSSR count). The van der Waals surface area contributed by atoms with Crippen molar-refractivity contribution in [2.75, 3.05) is 26.3 Å². The summed E-state index contributed by atoms with van der Waals surface area (Å²) in [6.45, 7) is 9.55. The van der Waals surface area contributed by atoms with Crippen molar-refractivity contribution < 1.29 is 14.6 Å². The molecule has 1 heterocycles. The van der Waals surface area contributed by atoms with Crippen molar-refractivity contribution in [1.82, 2.24) is 4.90 Å². The Hall–Kier alpha value is -0.650. The van der Waals surface area contributed by atoms with E-state index in [0.717, 1.165) is 6.42 Å². The van der Waals surface area contributed by atoms with Gasteiger partial charge in [0.15, 0.2) is 0 Å². The van der Waals surface area contributed by atoms with E-state index in [2.05, 4.69) is 20.8 Å². The van der Waals surface area contributed by atoms with Crippen LogP contribution < -0.4 is 5.73 Å². The third-order valence-corrected chi connectivity index (χ3v) is 3.48. The average molecular weight is 272 g/mol. The van der Waals surface area contributed by atoms with Crippen molar-refractivity contribution in [3.63, 3.8) is 0 Å². The number of ether oxygens (including phenoxy) is 1. The Morgan fingerprint density at radius 2 is 2.16 bits per heavy atom. The number of morpholine rings is 1. The van der Waals surface area contributed by atoms with Crippen LogP contribution in [-0.2, 0) is 9.53 Å². The Labute approximate surface area is 116 Å². The Morgan fingerprint density at radius 3 is 2.63 bits per heavy atom. The summed E-state index contributed by atoms with van der Waals surface area (Å²) in [6, 6.07) is 0.0457. The largest absolute Gasteiger partial charge is 0.394 e. The van der Waals surface area contributed by atoms with E-state index in [1.54, 1.807) is 0 Å². The summed E-state index contributed by atoms with van der Waals surface area (Å²) < 4.78 is 5.46. The van der Waals surface area contributed by atoms with Gasteiger partial charge in [-0.2, -0.15) is 0 Å². The quantitative estimate of drug-likeness (QED) is 0.786. The van der Waals surface area contributed by atoms with Crippen molar-refractivity contribution >= 4 is 5.91 Å². The first-order valence-corrected chi connectivity index (χ1v) is 7.01. The van der Waals surface area contributed by atoms with Gasteiger partial charge in [0.25, 0.3) is 0 Å². The number of amides is 1. The first-order valence-electron chi connectivity index (χ1n) is 7.01. The molecule has 5 heteroatoms. The second-order valence-electron chi connectivity index (χ2n) is 6.67. The number of nitrogens with zero attached hydrogens (tertiary/aromatic N) is 1. The Bertz CT molecular complexity index is 302. The predicted octanol–water partition coefficient (Wildman–Crippen LogP) is 0.606. The number of aliphatic hydroxyl groups is 1. The summed E-state index contributed by atoms with van der Waals surface area (Å²) in [5, 5.41) is 9.17. The molecule has 3 unspecified atom stereocenters. The van der Waals surface area contributed by atoms with E-state index in [0.29, 0.717) is 19.7 Å². The molecule has 0 radical (unpaired) electrons. The number of aliphatic hydroxyl groups excluding tert-OH is 1. The minimum absolute atomic E-state index is 0.0457. The molecule has 1 amide bonds. The van der Waals surface area contributed by atoms with Gasteiger partial charge in [0.2, 0.25) is 5.91 Å². The second-order valence-corrected chi connectivity index (χ2v) is 6.67. The van der Waals surface area contributed by atoms with E-state index in [9.17, 15) is 9.90 Å². The fraction of sp³-hybridized carbons (Fsp3) is 0.929. The van der Waals surface area contributed by atoms with Crippen molar-refractivity contribution in [3.05, 3.63) is 0 Å².